The van der Waals surface area contributed by atoms with E-state index < -0.39 is 10.0 Å². The van der Waals surface area contributed by atoms with E-state index in [1.807, 2.05) is 12.1 Å². The average Bonchev–Trinajstić information content (AvgIpc) is 2.62. The number of phenols is 1. The molecule has 0 radical (unpaired) electrons. The first-order valence-electron chi connectivity index (χ1n) is 8.61. The number of hydrogen-bond acceptors (Lipinski definition) is 5. The molecule has 144 valence electrons. The summed E-state index contributed by atoms with van der Waals surface area (Å²) in [6, 6.07) is 13.0. The fourth-order valence-corrected chi connectivity index (χ4v) is 3.66. The molecule has 1 amide bonds. The maximum absolute atomic E-state index is 12.3. The Balaban J connectivity index is 1.52. The third-order valence-electron chi connectivity index (χ3n) is 4.54. The average molecular weight is 391 g/mol. The van der Waals surface area contributed by atoms with Crippen molar-refractivity contribution in [2.24, 2.45) is 5.14 Å². The van der Waals surface area contributed by atoms with Crippen molar-refractivity contribution in [2.75, 3.05) is 42.9 Å². The Kier molecular flexibility index (Phi) is 5.64. The Morgan fingerprint density at radius 2 is 1.81 bits per heavy atom. The van der Waals surface area contributed by atoms with Crippen molar-refractivity contribution in [2.45, 2.75) is 4.90 Å². The number of nitrogens with one attached hydrogen (secondary N) is 2. The summed E-state index contributed by atoms with van der Waals surface area (Å²) in [5.74, 6) is 0.0702. The smallest absolute Gasteiger partial charge is 0.279 e. The second kappa shape index (κ2) is 7.95. The van der Waals surface area contributed by atoms with Gasteiger partial charge in [0.15, 0.2) is 6.54 Å². The fraction of sp³-hybridized carbons (Fsp3) is 0.278. The van der Waals surface area contributed by atoms with Crippen LogP contribution in [0.2, 0.25) is 0 Å². The molecule has 1 aliphatic heterocycles. The Labute approximate surface area is 158 Å². The molecule has 1 heterocycles. The SMILES string of the molecule is NS(=O)(=O)c1cccc(NC(=O)C[NH+]2CCN(c3ccc(O)cc3)CC2)c1. The van der Waals surface area contributed by atoms with Crippen LogP contribution in [0.1, 0.15) is 0 Å². The number of hydrogen-bond donors (Lipinski definition) is 4. The van der Waals surface area contributed by atoms with Crippen molar-refractivity contribution in [1.82, 2.24) is 0 Å². The number of quaternary nitrogens is 1. The second-order valence-corrected chi connectivity index (χ2v) is 8.11. The number of piperazine rings is 1. The third-order valence-corrected chi connectivity index (χ3v) is 5.45. The highest BCUT2D eigenvalue weighted by Crippen LogP contribution is 2.18. The summed E-state index contributed by atoms with van der Waals surface area (Å²) in [5, 5.41) is 17.2. The number of nitrogens with zero attached hydrogens (tertiary/aromatic N) is 1. The van der Waals surface area contributed by atoms with Gasteiger partial charge in [-0.25, -0.2) is 13.6 Å². The highest BCUT2D eigenvalue weighted by Gasteiger charge is 2.22. The molecule has 8 nitrogen and oxygen atoms in total. The van der Waals surface area contributed by atoms with Crippen LogP contribution in [0.4, 0.5) is 11.4 Å². The van der Waals surface area contributed by atoms with Crippen LogP contribution in [0.15, 0.2) is 53.4 Å². The van der Waals surface area contributed by atoms with Gasteiger partial charge in [0.25, 0.3) is 5.91 Å². The second-order valence-electron chi connectivity index (χ2n) is 6.55. The number of aromatic hydroxyl groups is 1. The summed E-state index contributed by atoms with van der Waals surface area (Å²) in [5.41, 5.74) is 1.46. The zero-order valence-corrected chi connectivity index (χ0v) is 15.6. The predicted octanol–water partition coefficient (Wildman–Crippen LogP) is -0.617. The number of amides is 1. The van der Waals surface area contributed by atoms with Crippen LogP contribution in [0.25, 0.3) is 0 Å². The number of phenolic OH excluding ortho intramolecular Hbond substituents is 1. The zero-order chi connectivity index (χ0) is 19.4. The van der Waals surface area contributed by atoms with Gasteiger partial charge in [0.2, 0.25) is 10.0 Å². The molecule has 0 aliphatic carbocycles. The van der Waals surface area contributed by atoms with Crippen LogP contribution in [0.5, 0.6) is 5.75 Å². The molecule has 9 heteroatoms. The zero-order valence-electron chi connectivity index (χ0n) is 14.8. The minimum atomic E-state index is -3.80. The number of nitrogens with two attached hydrogens (primary N) is 1. The minimum Gasteiger partial charge on any atom is -0.508 e. The van der Waals surface area contributed by atoms with Gasteiger partial charge in [0, 0.05) is 11.4 Å². The minimum absolute atomic E-state index is 0.0323. The predicted molar refractivity (Wildman–Crippen MR) is 102 cm³/mol. The number of primary sulfonamides is 1. The van der Waals surface area contributed by atoms with E-state index in [2.05, 4.69) is 10.2 Å². The van der Waals surface area contributed by atoms with E-state index in [0.717, 1.165) is 36.8 Å². The summed E-state index contributed by atoms with van der Waals surface area (Å²) in [7, 11) is -3.80. The fourth-order valence-electron chi connectivity index (χ4n) is 3.10. The molecule has 0 spiro atoms. The number of anilines is 2. The molecule has 3 rings (SSSR count). The lowest BCUT2D eigenvalue weighted by molar-refractivity contribution is -0.892. The summed E-state index contributed by atoms with van der Waals surface area (Å²) in [4.78, 5) is 15.6. The van der Waals surface area contributed by atoms with Crippen molar-refractivity contribution < 1.29 is 23.2 Å². The first-order chi connectivity index (χ1) is 12.8. The van der Waals surface area contributed by atoms with Crippen LogP contribution in [-0.4, -0.2) is 52.2 Å². The highest BCUT2D eigenvalue weighted by atomic mass is 32.2. The van der Waals surface area contributed by atoms with E-state index in [1.54, 1.807) is 24.3 Å². The molecule has 27 heavy (non-hydrogen) atoms. The van der Waals surface area contributed by atoms with Gasteiger partial charge >= 0.3 is 0 Å². The molecule has 0 aromatic heterocycles. The van der Waals surface area contributed by atoms with E-state index in [1.165, 1.54) is 12.1 Å². The van der Waals surface area contributed by atoms with Gasteiger partial charge in [-0.3, -0.25) is 4.79 Å². The van der Waals surface area contributed by atoms with Crippen LogP contribution >= 0.6 is 0 Å². The molecule has 1 fully saturated rings. The largest absolute Gasteiger partial charge is 0.508 e. The number of rotatable bonds is 5. The van der Waals surface area contributed by atoms with E-state index in [4.69, 9.17) is 5.14 Å². The molecule has 0 bridgehead atoms. The van der Waals surface area contributed by atoms with Gasteiger partial charge in [0.1, 0.15) is 5.75 Å². The highest BCUT2D eigenvalue weighted by molar-refractivity contribution is 7.89. The van der Waals surface area contributed by atoms with E-state index in [-0.39, 0.29) is 16.6 Å². The molecule has 0 saturated carbocycles. The Morgan fingerprint density at radius 3 is 2.44 bits per heavy atom. The number of carbonyl (C=O) groups excluding carboxylic acids is 1. The topological polar surface area (TPSA) is 117 Å². The molecular formula is C18H23N4O4S+. The molecule has 1 aliphatic rings. The van der Waals surface area contributed by atoms with Gasteiger partial charge in [-0.1, -0.05) is 6.07 Å². The van der Waals surface area contributed by atoms with Gasteiger partial charge in [-0.2, -0.15) is 0 Å². The first kappa shape index (κ1) is 19.2. The van der Waals surface area contributed by atoms with Crippen LogP contribution < -0.4 is 20.3 Å². The first-order valence-corrected chi connectivity index (χ1v) is 10.2. The normalized spacial score (nSPS) is 15.5. The quantitative estimate of drug-likeness (QED) is 0.542. The molecule has 0 unspecified atom stereocenters. The molecule has 5 N–H and O–H groups in total. The lowest BCUT2D eigenvalue weighted by Crippen LogP contribution is -3.15. The van der Waals surface area contributed by atoms with Gasteiger partial charge in [-0.15, -0.1) is 0 Å². The lowest BCUT2D eigenvalue weighted by Gasteiger charge is -2.33. The van der Waals surface area contributed by atoms with Gasteiger partial charge in [-0.05, 0) is 42.5 Å². The number of sulfonamides is 1. The van der Waals surface area contributed by atoms with E-state index >= 15 is 0 Å². The molecule has 2 aromatic carbocycles. The van der Waals surface area contributed by atoms with E-state index in [9.17, 15) is 18.3 Å². The van der Waals surface area contributed by atoms with E-state index in [0.29, 0.717) is 12.2 Å². The molecule has 2 aromatic rings. The van der Waals surface area contributed by atoms with Crippen LogP contribution in [0, 0.1) is 0 Å². The summed E-state index contributed by atoms with van der Waals surface area (Å²) < 4.78 is 22.8. The van der Waals surface area contributed by atoms with Crippen LogP contribution in [-0.2, 0) is 14.8 Å². The lowest BCUT2D eigenvalue weighted by atomic mass is 10.2. The maximum atomic E-state index is 12.3. The van der Waals surface area contributed by atoms with Crippen molar-refractivity contribution in [3.63, 3.8) is 0 Å². The van der Waals surface area contributed by atoms with Crippen molar-refractivity contribution in [3.8, 4) is 5.75 Å². The molecule has 0 atom stereocenters. The molecule has 1 saturated heterocycles. The Bertz CT molecular complexity index is 907. The monoisotopic (exact) mass is 391 g/mol. The maximum Gasteiger partial charge on any atom is 0.279 e. The third kappa shape index (κ3) is 5.19. The Morgan fingerprint density at radius 1 is 1.15 bits per heavy atom. The van der Waals surface area contributed by atoms with Crippen molar-refractivity contribution in [3.05, 3.63) is 48.5 Å². The van der Waals surface area contributed by atoms with Gasteiger partial charge in [0.05, 0.1) is 31.1 Å². The van der Waals surface area contributed by atoms with Crippen molar-refractivity contribution >= 4 is 27.3 Å². The number of benzene rings is 2. The summed E-state index contributed by atoms with van der Waals surface area (Å²) >= 11 is 0. The standard InChI is InChI=1S/C18H22N4O4S/c19-27(25,26)17-3-1-2-14(12-17)20-18(24)13-21-8-10-22(11-9-21)15-4-6-16(23)7-5-15/h1-7,12,23H,8-11,13H2,(H,20,24)(H2,19,25,26)/p+1. The number of carbonyl (C=O) groups is 1. The summed E-state index contributed by atoms with van der Waals surface area (Å²) in [6.07, 6.45) is 0. The van der Waals surface area contributed by atoms with Crippen LogP contribution in [0.3, 0.4) is 0 Å². The van der Waals surface area contributed by atoms with Crippen molar-refractivity contribution in [1.29, 1.82) is 0 Å². The summed E-state index contributed by atoms with van der Waals surface area (Å²) in [6.45, 7) is 3.56. The van der Waals surface area contributed by atoms with Gasteiger partial charge < -0.3 is 20.2 Å². The molecular weight excluding hydrogens is 368 g/mol. The Hall–Kier alpha value is -2.62.